The highest BCUT2D eigenvalue weighted by Crippen LogP contribution is 2.24. The quantitative estimate of drug-likeness (QED) is 0.310. The molecule has 0 aliphatic heterocycles. The van der Waals surface area contributed by atoms with E-state index in [1.807, 2.05) is 26.1 Å². The van der Waals surface area contributed by atoms with Crippen LogP contribution in [0, 0.1) is 13.8 Å². The van der Waals surface area contributed by atoms with Gasteiger partial charge in [0.25, 0.3) is 5.91 Å². The number of rotatable bonds is 7. The Hall–Kier alpha value is -3.03. The first-order valence-corrected chi connectivity index (χ1v) is 11.1. The summed E-state index contributed by atoms with van der Waals surface area (Å²) in [5.74, 6) is 1.46. The van der Waals surface area contributed by atoms with E-state index in [0.29, 0.717) is 33.4 Å². The predicted molar refractivity (Wildman–Crippen MR) is 127 cm³/mol. The summed E-state index contributed by atoms with van der Waals surface area (Å²) >= 11 is 9.42. The van der Waals surface area contributed by atoms with Gasteiger partial charge in [-0.15, -0.1) is 0 Å². The van der Waals surface area contributed by atoms with Crippen LogP contribution < -0.4 is 10.1 Å². The third-order valence-electron chi connectivity index (χ3n) is 4.81. The number of aryl methyl sites for hydroxylation is 2. The zero-order chi connectivity index (χ0) is 22.7. The van der Waals surface area contributed by atoms with Crippen molar-refractivity contribution in [1.82, 2.24) is 9.78 Å². The van der Waals surface area contributed by atoms with Crippen molar-refractivity contribution in [3.63, 3.8) is 0 Å². The molecule has 164 valence electrons. The number of benzene rings is 2. The van der Waals surface area contributed by atoms with Gasteiger partial charge in [-0.1, -0.05) is 41.4 Å². The molecule has 2 aromatic heterocycles. The molecule has 2 heterocycles. The van der Waals surface area contributed by atoms with Gasteiger partial charge < -0.3 is 14.5 Å². The number of anilines is 1. The van der Waals surface area contributed by atoms with Crippen LogP contribution in [-0.2, 0) is 13.2 Å². The number of ether oxygens (including phenoxy) is 1. The van der Waals surface area contributed by atoms with Crippen molar-refractivity contribution in [2.75, 3.05) is 5.32 Å². The Kier molecular flexibility index (Phi) is 6.67. The van der Waals surface area contributed by atoms with Crippen molar-refractivity contribution in [3.8, 4) is 5.75 Å². The zero-order valence-corrected chi connectivity index (χ0v) is 19.9. The van der Waals surface area contributed by atoms with E-state index < -0.39 is 0 Å². The summed E-state index contributed by atoms with van der Waals surface area (Å²) in [4.78, 5) is 12.6. The Labute approximate surface area is 199 Å². The number of amides is 1. The zero-order valence-electron chi connectivity index (χ0n) is 17.6. The predicted octanol–water partition coefficient (Wildman–Crippen LogP) is 6.39. The Morgan fingerprint density at radius 2 is 1.94 bits per heavy atom. The summed E-state index contributed by atoms with van der Waals surface area (Å²) in [5.41, 5.74) is 3.25. The molecule has 0 unspecified atom stereocenters. The minimum atomic E-state index is -0.389. The van der Waals surface area contributed by atoms with E-state index in [4.69, 9.17) is 20.8 Å². The molecule has 4 aromatic rings. The van der Waals surface area contributed by atoms with E-state index in [9.17, 15) is 4.79 Å². The van der Waals surface area contributed by atoms with Crippen LogP contribution in [0.5, 0.6) is 5.75 Å². The summed E-state index contributed by atoms with van der Waals surface area (Å²) in [5, 5.41) is 7.88. The largest absolute Gasteiger partial charge is 0.485 e. The minimum Gasteiger partial charge on any atom is -0.485 e. The van der Waals surface area contributed by atoms with Crippen LogP contribution in [0.15, 0.2) is 69.7 Å². The molecule has 2 aromatic carbocycles. The maximum absolute atomic E-state index is 12.6. The minimum absolute atomic E-state index is 0.177. The number of carbonyl (C=O) groups is 1. The molecule has 0 atom stereocenters. The van der Waals surface area contributed by atoms with Crippen molar-refractivity contribution in [3.05, 3.63) is 98.5 Å². The highest BCUT2D eigenvalue weighted by Gasteiger charge is 2.16. The number of nitrogens with one attached hydrogen (secondary N) is 1. The van der Waals surface area contributed by atoms with E-state index in [1.54, 1.807) is 28.9 Å². The second kappa shape index (κ2) is 9.63. The first-order valence-electron chi connectivity index (χ1n) is 9.95. The molecule has 6 nitrogen and oxygen atoms in total. The van der Waals surface area contributed by atoms with Crippen molar-refractivity contribution in [1.29, 1.82) is 0 Å². The van der Waals surface area contributed by atoms with Crippen molar-refractivity contribution >= 4 is 39.3 Å². The molecule has 32 heavy (non-hydrogen) atoms. The van der Waals surface area contributed by atoms with Crippen LogP contribution in [-0.4, -0.2) is 15.7 Å². The fourth-order valence-corrected chi connectivity index (χ4v) is 3.76. The van der Waals surface area contributed by atoms with E-state index >= 15 is 0 Å². The molecule has 0 spiro atoms. The molecule has 0 saturated heterocycles. The Morgan fingerprint density at radius 3 is 2.69 bits per heavy atom. The van der Waals surface area contributed by atoms with Gasteiger partial charge in [-0.2, -0.15) is 5.10 Å². The number of hydrogen-bond donors (Lipinski definition) is 1. The maximum atomic E-state index is 12.6. The van der Waals surface area contributed by atoms with E-state index in [2.05, 4.69) is 50.6 Å². The van der Waals surface area contributed by atoms with Crippen molar-refractivity contribution < 1.29 is 13.9 Å². The van der Waals surface area contributed by atoms with Crippen molar-refractivity contribution in [2.45, 2.75) is 27.0 Å². The normalized spacial score (nSPS) is 10.9. The monoisotopic (exact) mass is 513 g/mol. The van der Waals surface area contributed by atoms with E-state index in [1.165, 1.54) is 5.56 Å². The molecular weight excluding hydrogens is 494 g/mol. The maximum Gasteiger partial charge on any atom is 0.292 e. The second-order valence-electron chi connectivity index (χ2n) is 7.43. The van der Waals surface area contributed by atoms with Gasteiger partial charge in [0, 0.05) is 11.2 Å². The first-order chi connectivity index (χ1) is 15.4. The molecule has 4 rings (SSSR count). The second-order valence-corrected chi connectivity index (χ2v) is 8.72. The third kappa shape index (κ3) is 5.41. The molecule has 0 aliphatic rings. The number of nitrogens with zero attached hydrogens (tertiary/aromatic N) is 2. The number of aromatic nitrogens is 2. The van der Waals surface area contributed by atoms with Crippen LogP contribution in [0.3, 0.4) is 0 Å². The molecule has 0 aliphatic carbocycles. The van der Waals surface area contributed by atoms with Gasteiger partial charge in [0.15, 0.2) is 11.6 Å². The highest BCUT2D eigenvalue weighted by atomic mass is 79.9. The van der Waals surface area contributed by atoms with Gasteiger partial charge in [-0.25, -0.2) is 0 Å². The van der Waals surface area contributed by atoms with Gasteiger partial charge >= 0.3 is 0 Å². The summed E-state index contributed by atoms with van der Waals surface area (Å²) in [7, 11) is 0. The third-order valence-corrected chi connectivity index (χ3v) is 5.62. The molecule has 0 radical (unpaired) electrons. The number of furan rings is 1. The summed E-state index contributed by atoms with van der Waals surface area (Å²) in [6.07, 6.45) is 1.82. The summed E-state index contributed by atoms with van der Waals surface area (Å²) in [6.45, 7) is 4.76. The Morgan fingerprint density at radius 1 is 1.16 bits per heavy atom. The number of hydrogen-bond acceptors (Lipinski definition) is 4. The molecular formula is C24H21BrClN3O3. The molecule has 1 amide bonds. The lowest BCUT2D eigenvalue weighted by Crippen LogP contribution is -2.12. The lowest BCUT2D eigenvalue weighted by molar-refractivity contribution is 0.0992. The van der Waals surface area contributed by atoms with Crippen LogP contribution in [0.2, 0.25) is 5.02 Å². The topological polar surface area (TPSA) is 69.3 Å². The van der Waals surface area contributed by atoms with Crippen LogP contribution >= 0.6 is 27.5 Å². The number of halogens is 2. The van der Waals surface area contributed by atoms with E-state index in [-0.39, 0.29) is 18.3 Å². The van der Waals surface area contributed by atoms with Gasteiger partial charge in [0.1, 0.15) is 18.1 Å². The summed E-state index contributed by atoms with van der Waals surface area (Å²) in [6, 6.07) is 17.0. The molecule has 0 saturated carbocycles. The highest BCUT2D eigenvalue weighted by molar-refractivity contribution is 9.10. The first kappa shape index (κ1) is 22.2. The molecule has 0 fully saturated rings. The van der Waals surface area contributed by atoms with E-state index in [0.717, 1.165) is 11.1 Å². The summed E-state index contributed by atoms with van der Waals surface area (Å²) < 4.78 is 13.9. The van der Waals surface area contributed by atoms with Gasteiger partial charge in [0.05, 0.1) is 11.0 Å². The fourth-order valence-electron chi connectivity index (χ4n) is 3.11. The molecule has 0 bridgehead atoms. The van der Waals surface area contributed by atoms with Crippen LogP contribution in [0.4, 0.5) is 5.82 Å². The van der Waals surface area contributed by atoms with Crippen LogP contribution in [0.25, 0.3) is 0 Å². The SMILES string of the molecule is Cc1ccc(Cn2cc(Br)c(NC(=O)c3ccc(COc4ccc(Cl)cc4C)o3)n2)cc1. The number of carbonyl (C=O) groups excluding carboxylic acids is 1. The molecule has 1 N–H and O–H groups in total. The average Bonchev–Trinajstić information content (AvgIpc) is 3.36. The lowest BCUT2D eigenvalue weighted by atomic mass is 10.1. The van der Waals surface area contributed by atoms with Gasteiger partial charge in [-0.05, 0) is 71.2 Å². The fraction of sp³-hybridized carbons (Fsp3) is 0.167. The Bertz CT molecular complexity index is 1250. The van der Waals surface area contributed by atoms with Crippen LogP contribution in [0.1, 0.15) is 33.0 Å². The molecule has 8 heteroatoms. The smallest absolute Gasteiger partial charge is 0.292 e. The average molecular weight is 515 g/mol. The van der Waals surface area contributed by atoms with Gasteiger partial charge in [0.2, 0.25) is 0 Å². The lowest BCUT2D eigenvalue weighted by Gasteiger charge is -2.07. The Balaban J connectivity index is 1.37. The standard InChI is InChI=1S/C24H21BrClN3O3/c1-15-3-5-17(6-4-15)12-29-13-20(25)23(28-29)27-24(30)22-10-8-19(32-22)14-31-21-9-7-18(26)11-16(21)2/h3-11,13H,12,14H2,1-2H3,(H,27,28,30). The van der Waals surface area contributed by atoms with Crippen molar-refractivity contribution in [2.24, 2.45) is 0 Å². The van der Waals surface area contributed by atoms with Gasteiger partial charge in [-0.3, -0.25) is 9.48 Å².